The second kappa shape index (κ2) is 6.09. The molecule has 4 nitrogen and oxygen atoms in total. The van der Waals surface area contributed by atoms with Gasteiger partial charge >= 0.3 is 0 Å². The fourth-order valence-corrected chi connectivity index (χ4v) is 1.89. The van der Waals surface area contributed by atoms with Crippen molar-refractivity contribution in [2.45, 2.75) is 19.9 Å². The highest BCUT2D eigenvalue weighted by molar-refractivity contribution is 5.92. The smallest absolute Gasteiger partial charge is 0.193 e. The van der Waals surface area contributed by atoms with Crippen LogP contribution in [0.1, 0.15) is 18.1 Å². The van der Waals surface area contributed by atoms with E-state index in [9.17, 15) is 0 Å². The Morgan fingerprint density at radius 1 is 1.32 bits per heavy atom. The molecule has 0 aliphatic heterocycles. The molecule has 4 heteroatoms. The quantitative estimate of drug-likeness (QED) is 0.652. The first-order valence-corrected chi connectivity index (χ1v) is 6.44. The highest BCUT2D eigenvalue weighted by atomic mass is 15.1. The van der Waals surface area contributed by atoms with E-state index in [4.69, 9.17) is 5.73 Å². The van der Waals surface area contributed by atoms with Crippen LogP contribution in [-0.2, 0) is 20.0 Å². The molecule has 0 radical (unpaired) electrons. The van der Waals surface area contributed by atoms with E-state index in [0.717, 1.165) is 17.7 Å². The largest absolute Gasteiger partial charge is 0.370 e. The first-order chi connectivity index (χ1) is 9.17. The van der Waals surface area contributed by atoms with Crippen LogP contribution in [0.15, 0.2) is 47.7 Å². The zero-order valence-electron chi connectivity index (χ0n) is 11.4. The third kappa shape index (κ3) is 3.88. The molecule has 0 fully saturated rings. The summed E-state index contributed by atoms with van der Waals surface area (Å²) in [7, 11) is 1.99. The van der Waals surface area contributed by atoms with Crippen LogP contribution in [0.3, 0.4) is 0 Å². The molecule has 19 heavy (non-hydrogen) atoms. The second-order valence-electron chi connectivity index (χ2n) is 4.57. The molecule has 100 valence electrons. The third-order valence-electron chi connectivity index (χ3n) is 2.93. The predicted octanol–water partition coefficient (Wildman–Crippen LogP) is 2.51. The van der Waals surface area contributed by atoms with E-state index in [1.165, 1.54) is 5.56 Å². The summed E-state index contributed by atoms with van der Waals surface area (Å²) < 4.78 is 2.00. The van der Waals surface area contributed by atoms with Crippen molar-refractivity contribution in [1.29, 1.82) is 0 Å². The topological polar surface area (TPSA) is 55.3 Å². The lowest BCUT2D eigenvalue weighted by atomic mass is 10.1. The van der Waals surface area contributed by atoms with Crippen molar-refractivity contribution < 1.29 is 0 Å². The van der Waals surface area contributed by atoms with Gasteiger partial charge in [0.05, 0.1) is 6.54 Å². The molecular formula is C15H20N4. The summed E-state index contributed by atoms with van der Waals surface area (Å²) >= 11 is 0. The number of guanidine groups is 1. The molecule has 0 aliphatic carbocycles. The second-order valence-corrected chi connectivity index (χ2v) is 4.57. The molecule has 0 saturated heterocycles. The molecule has 0 saturated carbocycles. The molecule has 0 spiro atoms. The van der Waals surface area contributed by atoms with Gasteiger partial charge in [-0.1, -0.05) is 19.1 Å². The number of hydrogen-bond donors (Lipinski definition) is 2. The number of rotatable bonds is 4. The number of nitrogens with two attached hydrogens (primary N) is 1. The van der Waals surface area contributed by atoms with Gasteiger partial charge in [-0.25, -0.2) is 4.99 Å². The summed E-state index contributed by atoms with van der Waals surface area (Å²) in [6, 6.07) is 10.2. The molecule has 0 bridgehead atoms. The Bertz CT molecular complexity index is 569. The van der Waals surface area contributed by atoms with Crippen molar-refractivity contribution in [3.8, 4) is 0 Å². The van der Waals surface area contributed by atoms with Crippen LogP contribution >= 0.6 is 0 Å². The molecule has 0 aliphatic rings. The van der Waals surface area contributed by atoms with Crippen molar-refractivity contribution in [2.75, 3.05) is 5.32 Å². The van der Waals surface area contributed by atoms with E-state index in [1.54, 1.807) is 0 Å². The van der Waals surface area contributed by atoms with Crippen molar-refractivity contribution >= 4 is 11.6 Å². The van der Waals surface area contributed by atoms with Gasteiger partial charge in [0.1, 0.15) is 0 Å². The van der Waals surface area contributed by atoms with Crippen LogP contribution in [0.5, 0.6) is 0 Å². The van der Waals surface area contributed by atoms with Gasteiger partial charge in [0.2, 0.25) is 0 Å². The average Bonchev–Trinajstić information content (AvgIpc) is 2.82. The molecule has 3 N–H and O–H groups in total. The van der Waals surface area contributed by atoms with Gasteiger partial charge in [-0.3, -0.25) is 0 Å². The van der Waals surface area contributed by atoms with Crippen LogP contribution in [0.2, 0.25) is 0 Å². The summed E-state index contributed by atoms with van der Waals surface area (Å²) in [6.45, 7) is 2.72. The fourth-order valence-electron chi connectivity index (χ4n) is 1.89. The van der Waals surface area contributed by atoms with Gasteiger partial charge in [0, 0.05) is 25.1 Å². The molecule has 0 unspecified atom stereocenters. The maximum absolute atomic E-state index is 5.88. The van der Waals surface area contributed by atoms with E-state index < -0.39 is 0 Å². The molecule has 1 heterocycles. The van der Waals surface area contributed by atoms with Gasteiger partial charge < -0.3 is 15.6 Å². The zero-order chi connectivity index (χ0) is 13.7. The Balaban J connectivity index is 1.97. The molecule has 2 aromatic rings. The van der Waals surface area contributed by atoms with Crippen LogP contribution in [-0.4, -0.2) is 10.5 Å². The minimum Gasteiger partial charge on any atom is -0.370 e. The number of anilines is 1. The highest BCUT2D eigenvalue weighted by Gasteiger charge is 1.97. The maximum Gasteiger partial charge on any atom is 0.193 e. The highest BCUT2D eigenvalue weighted by Crippen LogP contribution is 2.10. The lowest BCUT2D eigenvalue weighted by Crippen LogP contribution is -2.22. The number of hydrogen-bond acceptors (Lipinski definition) is 1. The number of benzene rings is 1. The summed E-state index contributed by atoms with van der Waals surface area (Å²) in [4.78, 5) is 4.33. The van der Waals surface area contributed by atoms with Crippen molar-refractivity contribution in [3.63, 3.8) is 0 Å². The van der Waals surface area contributed by atoms with Gasteiger partial charge in [-0.15, -0.1) is 0 Å². The lowest BCUT2D eigenvalue weighted by molar-refractivity contribution is 0.916. The Morgan fingerprint density at radius 2 is 2.16 bits per heavy atom. The fraction of sp³-hybridized carbons (Fsp3) is 0.267. The number of nitrogens with one attached hydrogen (secondary N) is 1. The normalized spacial score (nSPS) is 11.6. The molecule has 1 aromatic carbocycles. The number of aliphatic imine (C=N–C) groups is 1. The standard InChI is InChI=1S/C15H20N4/c1-3-12-5-4-6-14(9-12)18-15(16)17-10-13-7-8-19(2)11-13/h4-9,11H,3,10H2,1-2H3,(H3,16,17,18). The predicted molar refractivity (Wildman–Crippen MR) is 80.2 cm³/mol. The van der Waals surface area contributed by atoms with Crippen LogP contribution in [0.25, 0.3) is 0 Å². The summed E-state index contributed by atoms with van der Waals surface area (Å²) in [5, 5.41) is 3.11. The van der Waals surface area contributed by atoms with E-state index in [2.05, 4.69) is 29.4 Å². The van der Waals surface area contributed by atoms with Crippen LogP contribution in [0.4, 0.5) is 5.69 Å². The number of nitrogens with zero attached hydrogens (tertiary/aromatic N) is 2. The summed E-state index contributed by atoms with van der Waals surface area (Å²) in [5.41, 5.74) is 9.29. The zero-order valence-corrected chi connectivity index (χ0v) is 11.4. The molecular weight excluding hydrogens is 236 g/mol. The Kier molecular flexibility index (Phi) is 4.23. The minimum atomic E-state index is 0.442. The summed E-state index contributed by atoms with van der Waals surface area (Å²) in [6.07, 6.45) is 5.05. The Morgan fingerprint density at radius 3 is 2.84 bits per heavy atom. The molecule has 1 aromatic heterocycles. The van der Waals surface area contributed by atoms with Crippen molar-refractivity contribution in [1.82, 2.24) is 4.57 Å². The molecule has 0 atom stereocenters. The monoisotopic (exact) mass is 256 g/mol. The van der Waals surface area contributed by atoms with E-state index in [1.807, 2.05) is 42.2 Å². The average molecular weight is 256 g/mol. The van der Waals surface area contributed by atoms with E-state index in [-0.39, 0.29) is 0 Å². The number of aromatic nitrogens is 1. The van der Waals surface area contributed by atoms with Crippen LogP contribution < -0.4 is 11.1 Å². The van der Waals surface area contributed by atoms with Crippen molar-refractivity contribution in [3.05, 3.63) is 53.9 Å². The Labute approximate surface area is 114 Å². The van der Waals surface area contributed by atoms with Gasteiger partial charge in [0.25, 0.3) is 0 Å². The molecule has 0 amide bonds. The van der Waals surface area contributed by atoms with Gasteiger partial charge in [-0.05, 0) is 35.7 Å². The first kappa shape index (κ1) is 13.2. The Hall–Kier alpha value is -2.23. The summed E-state index contributed by atoms with van der Waals surface area (Å²) in [5.74, 6) is 0.442. The van der Waals surface area contributed by atoms with Crippen molar-refractivity contribution in [2.24, 2.45) is 17.8 Å². The number of aryl methyl sites for hydroxylation is 2. The third-order valence-corrected chi connectivity index (χ3v) is 2.93. The van der Waals surface area contributed by atoms with E-state index in [0.29, 0.717) is 12.5 Å². The van der Waals surface area contributed by atoms with Gasteiger partial charge in [0.15, 0.2) is 5.96 Å². The maximum atomic E-state index is 5.88. The van der Waals surface area contributed by atoms with E-state index >= 15 is 0 Å². The van der Waals surface area contributed by atoms with Gasteiger partial charge in [-0.2, -0.15) is 0 Å². The SMILES string of the molecule is CCc1cccc(NC(N)=NCc2ccn(C)c2)c1. The molecule has 2 rings (SSSR count). The minimum absolute atomic E-state index is 0.442. The first-order valence-electron chi connectivity index (χ1n) is 6.44. The lowest BCUT2D eigenvalue weighted by Gasteiger charge is -2.06. The van der Waals surface area contributed by atoms with Crippen LogP contribution in [0, 0.1) is 0 Å².